The molecular weight excluding hydrogens is 2050 g/mol. The maximum Gasteiger partial charge on any atom is 3.00 e. The molecule has 39 nitrogen and oxygen atoms in total. The molecule has 24 bridgehead atoms. The molecule has 6 N–H and O–H groups in total. The van der Waals surface area contributed by atoms with Crippen LogP contribution >= 0.6 is 32.0 Å². The molecule has 0 atom stereocenters. The van der Waals surface area contributed by atoms with Crippen molar-refractivity contribution < 1.29 is 64.2 Å². The third-order valence-corrected chi connectivity index (χ3v) is 31.6. The van der Waals surface area contributed by atoms with Gasteiger partial charge < -0.3 is 43.6 Å². The van der Waals surface area contributed by atoms with E-state index < -0.39 is 86.9 Å². The standard InChI is InChI=1S/3C32H17ClN8O5S2.Al/c3*33-47(42,43)24-22(48(44,45)46)14-13-21-23(24)32-40-30-20-12-6-5-11-19(20)28(38-30)36-26-16-8-2-1-7-15(16)25(34-26)35-27-17-9-3-4-10-18(17)29(37-27)39-31(21)41-32;/h3*1-14H,(H,44,45,46)(H2,34,35,36,37,38,39,40,41);/q;;;+3/p-3. The first-order chi connectivity index (χ1) is 69.1. The Morgan fingerprint density at radius 1 is 0.172 bits per heavy atom. The van der Waals surface area contributed by atoms with Crippen molar-refractivity contribution >= 4 is 239 Å². The summed E-state index contributed by atoms with van der Waals surface area (Å²) in [5, 5.41) is 4.39. The van der Waals surface area contributed by atoms with E-state index in [1.165, 1.54) is 18.2 Å². The molecule has 0 unspecified atom stereocenters. The number of aromatic amines is 6. The van der Waals surface area contributed by atoms with E-state index in [-0.39, 0.29) is 119 Å². The number of nitrogens with one attached hydrogen (secondary N) is 6. The Morgan fingerprint density at radius 2 is 0.303 bits per heavy atom. The molecule has 145 heavy (non-hydrogen) atoms. The van der Waals surface area contributed by atoms with Crippen molar-refractivity contribution in [2.45, 2.75) is 29.4 Å². The van der Waals surface area contributed by atoms with E-state index in [2.05, 4.69) is 29.9 Å². The Morgan fingerprint density at radius 3 is 0.448 bits per heavy atom. The predicted molar refractivity (Wildman–Crippen MR) is 537 cm³/mol. The molecule has 0 spiro atoms. The second kappa shape index (κ2) is 33.4. The van der Waals surface area contributed by atoms with Crippen molar-refractivity contribution in [3.8, 4) is 137 Å². The average molecular weight is 2100 g/mol. The molecule has 27 rings (SSSR count). The van der Waals surface area contributed by atoms with Crippen LogP contribution in [0.25, 0.3) is 269 Å². The van der Waals surface area contributed by atoms with E-state index in [1.807, 2.05) is 182 Å². The normalized spacial score (nSPS) is 12.6. The second-order valence-corrected chi connectivity index (χ2v) is 44.4. The molecule has 49 heteroatoms. The molecule has 0 aliphatic carbocycles. The molecule has 9 aromatic heterocycles. The van der Waals surface area contributed by atoms with Gasteiger partial charge in [-0.15, -0.1) is 0 Å². The van der Waals surface area contributed by atoms with E-state index in [0.717, 1.165) is 50.5 Å². The molecular formula is C96H48AlCl3N24O15S6. The van der Waals surface area contributed by atoms with Gasteiger partial charge in [0.2, 0.25) is 0 Å². The summed E-state index contributed by atoms with van der Waals surface area (Å²) < 4.78 is 189. The van der Waals surface area contributed by atoms with Crippen LogP contribution in [0.2, 0.25) is 0 Å². The Hall–Kier alpha value is -16.3. The number of H-pyrrole nitrogens is 6. The molecule has 0 fully saturated rings. The fraction of sp³-hybridized carbons (Fsp3) is 0. The summed E-state index contributed by atoms with van der Waals surface area (Å²) in [6, 6.07) is 72.9. The summed E-state index contributed by atoms with van der Waals surface area (Å²) >= 11 is 0. The van der Waals surface area contributed by atoms with Crippen LogP contribution < -0.4 is 0 Å². The van der Waals surface area contributed by atoms with Crippen LogP contribution in [-0.4, -0.2) is 201 Å². The minimum atomic E-state index is -5.30. The number of hydrogen-bond donors (Lipinski definition) is 6. The van der Waals surface area contributed by atoms with Crippen LogP contribution in [0.5, 0.6) is 0 Å². The fourth-order valence-electron chi connectivity index (χ4n) is 18.4. The average Bonchev–Trinajstić information content (AvgIpc) is 1.57. The number of benzene rings is 12. The first-order valence-electron chi connectivity index (χ1n) is 42.7. The quantitative estimate of drug-likeness (QED) is 0.0511. The van der Waals surface area contributed by atoms with E-state index in [4.69, 9.17) is 122 Å². The SMILES string of the molecule is O=S(=O)([O-])c1ccc2c3nc4nc(nc5[nH]c(nc6nc(nc([nH]3)c2c1S(=O)(=O)Cl)-c1ccccc1-6)c1ccccc51)-c1ccccc1-4.O=S(=O)([O-])c1ccc2c3nc4nc(nc5[nH]c(nc6nc(nc([nH]3)c2c1S(=O)(=O)Cl)-c1ccccc1-6)c1ccccc51)-c1ccccc1-4.O=S(=O)([O-])c1ccc2c3nc4nc(nc5[nH]c(nc6nc(nc([nH]3)c2c1S(=O)(=O)Cl)-c1ccccc1-6)c1ccccc51)-c1ccccc1-4.[Al+3]. The summed E-state index contributed by atoms with van der Waals surface area (Å²) in [6.07, 6.45) is 0. The minimum Gasteiger partial charge on any atom is -0.744 e. The van der Waals surface area contributed by atoms with Gasteiger partial charge in [-0.3, -0.25) is 0 Å². The molecule has 12 aromatic carbocycles. The first kappa shape index (κ1) is 91.2. The monoisotopic (exact) mass is 2100 g/mol. The van der Waals surface area contributed by atoms with Crippen LogP contribution in [0.1, 0.15) is 0 Å². The molecule has 0 amide bonds. The Labute approximate surface area is 837 Å². The first-order valence-corrected chi connectivity index (χ1v) is 53.8. The van der Waals surface area contributed by atoms with Crippen LogP contribution in [0.4, 0.5) is 0 Å². The van der Waals surface area contributed by atoms with Crippen molar-refractivity contribution in [1.29, 1.82) is 0 Å². The van der Waals surface area contributed by atoms with E-state index >= 15 is 0 Å². The van der Waals surface area contributed by atoms with Crippen molar-refractivity contribution in [1.82, 2.24) is 120 Å². The van der Waals surface area contributed by atoms with Gasteiger partial charge in [0.15, 0.2) is 69.9 Å². The minimum absolute atomic E-state index is 0. The zero-order chi connectivity index (χ0) is 98.8. The van der Waals surface area contributed by atoms with Crippen molar-refractivity contribution in [2.24, 2.45) is 0 Å². The third-order valence-electron chi connectivity index (χ3n) is 24.4. The van der Waals surface area contributed by atoms with Gasteiger partial charge in [0, 0.05) is 163 Å². The fourth-order valence-corrected chi connectivity index (χ4v) is 26.1. The van der Waals surface area contributed by atoms with Gasteiger partial charge in [-0.2, -0.15) is 0 Å². The number of nitrogens with zero attached hydrogens (tertiary/aromatic N) is 18. The van der Waals surface area contributed by atoms with Gasteiger partial charge in [-0.25, -0.2) is 140 Å². The topological polar surface area (TPSA) is 601 Å². The molecule has 15 heterocycles. The van der Waals surface area contributed by atoms with Crippen LogP contribution in [-0.2, 0) is 57.5 Å². The number of rotatable bonds is 6. The number of halogens is 3. The Balaban J connectivity index is 0.000000116. The molecule has 0 saturated carbocycles. The number of fused-ring (bicyclic) bond motifs is 60. The smallest absolute Gasteiger partial charge is 0.744 e. The van der Waals surface area contributed by atoms with Crippen LogP contribution in [0, 0.1) is 0 Å². The van der Waals surface area contributed by atoms with E-state index in [9.17, 15) is 64.2 Å². The number of hydrogen-bond acceptors (Lipinski definition) is 33. The summed E-state index contributed by atoms with van der Waals surface area (Å²) in [7, 11) is -12.9. The maximum atomic E-state index is 13.0. The zero-order valence-corrected chi connectivity index (χ0v) is 80.9. The van der Waals surface area contributed by atoms with Crippen molar-refractivity contribution in [3.05, 3.63) is 255 Å². The zero-order valence-electron chi connectivity index (χ0n) is 72.6. The van der Waals surface area contributed by atoms with Crippen LogP contribution in [0.3, 0.4) is 0 Å². The van der Waals surface area contributed by atoms with Gasteiger partial charge in [0.25, 0.3) is 27.2 Å². The summed E-state index contributed by atoms with van der Waals surface area (Å²) in [4.78, 5) is 99.3. The Bertz CT molecular complexity index is 9890. The van der Waals surface area contributed by atoms with Crippen LogP contribution in [0.15, 0.2) is 284 Å². The van der Waals surface area contributed by atoms with Gasteiger partial charge in [0.1, 0.15) is 113 Å². The predicted octanol–water partition coefficient (Wildman–Crippen LogP) is 16.7. The third kappa shape index (κ3) is 15.4. The van der Waals surface area contributed by atoms with Crippen molar-refractivity contribution in [2.75, 3.05) is 0 Å². The molecule has 6 aliphatic heterocycles. The number of aromatic nitrogens is 24. The van der Waals surface area contributed by atoms with E-state index in [1.54, 1.807) is 36.4 Å². The van der Waals surface area contributed by atoms with E-state index in [0.29, 0.717) is 136 Å². The summed E-state index contributed by atoms with van der Waals surface area (Å²) in [6.45, 7) is 0. The van der Waals surface area contributed by atoms with Gasteiger partial charge in [-0.05, 0) is 36.4 Å². The summed E-state index contributed by atoms with van der Waals surface area (Å²) in [5.74, 6) is 3.13. The van der Waals surface area contributed by atoms with Gasteiger partial charge in [0.05, 0.1) is 14.7 Å². The molecule has 21 aromatic rings. The second-order valence-electron chi connectivity index (χ2n) is 32.9. The maximum absolute atomic E-state index is 13.0. The molecule has 6 aliphatic rings. The van der Waals surface area contributed by atoms with Gasteiger partial charge >= 0.3 is 17.4 Å². The van der Waals surface area contributed by atoms with Crippen molar-refractivity contribution in [3.63, 3.8) is 0 Å². The Kier molecular flexibility index (Phi) is 21.0. The molecule has 0 radical (unpaired) electrons. The molecule has 702 valence electrons. The molecule has 0 saturated heterocycles. The van der Waals surface area contributed by atoms with Gasteiger partial charge in [-0.1, -0.05) is 218 Å². The summed E-state index contributed by atoms with van der Waals surface area (Å²) in [5.41, 5.74) is 10.4. The largest absolute Gasteiger partial charge is 3.00 e.